The van der Waals surface area contributed by atoms with E-state index in [1.54, 1.807) is 12.4 Å². The molecule has 6 rings (SSSR count). The van der Waals surface area contributed by atoms with E-state index in [2.05, 4.69) is 16.1 Å². The molecule has 6 heteroatoms. The average molecular weight is 371 g/mol. The van der Waals surface area contributed by atoms with Crippen LogP contribution in [0, 0.1) is 0 Å². The fourth-order valence-corrected chi connectivity index (χ4v) is 4.03. The molecule has 0 fully saturated rings. The Kier molecular flexibility index (Phi) is 3.32. The smallest absolute Gasteiger partial charge is 0.231 e. The summed E-state index contributed by atoms with van der Waals surface area (Å²) in [7, 11) is 0. The molecule has 138 valence electrons. The molecule has 0 spiro atoms. The number of ether oxygens (including phenoxy) is 3. The molecule has 0 bridgehead atoms. The highest BCUT2D eigenvalue weighted by atomic mass is 16.7. The van der Waals surface area contributed by atoms with Gasteiger partial charge in [0, 0.05) is 35.5 Å². The van der Waals surface area contributed by atoms with Gasteiger partial charge >= 0.3 is 0 Å². The van der Waals surface area contributed by atoms with E-state index in [1.165, 1.54) is 0 Å². The minimum absolute atomic E-state index is 0.128. The third-order valence-electron chi connectivity index (χ3n) is 5.40. The quantitative estimate of drug-likeness (QED) is 0.680. The Hall–Kier alpha value is -3.54. The van der Waals surface area contributed by atoms with E-state index < -0.39 is 0 Å². The molecule has 2 atom stereocenters. The normalized spacial score (nSPS) is 21.6. The molecular weight excluding hydrogens is 354 g/mol. The van der Waals surface area contributed by atoms with Crippen LogP contribution in [0.15, 0.2) is 72.1 Å². The maximum atomic E-state index is 6.34. The number of benzene rings is 2. The molecule has 3 aliphatic heterocycles. The largest absolute Gasteiger partial charge is 0.464 e. The molecule has 0 N–H and O–H groups in total. The molecule has 0 radical (unpaired) electrons. The maximum absolute atomic E-state index is 6.34. The highest BCUT2D eigenvalue weighted by molar-refractivity contribution is 6.02. The van der Waals surface area contributed by atoms with Crippen LogP contribution in [0.5, 0.6) is 17.2 Å². The SMILES string of the molecule is c1ccc2c(c1)OC(c1ccncc1)N1N=C(c3ccc4c(c3)OCO4)CC21. The third kappa shape index (κ3) is 2.34. The summed E-state index contributed by atoms with van der Waals surface area (Å²) in [5.41, 5.74) is 4.25. The van der Waals surface area contributed by atoms with Crippen LogP contribution in [0.2, 0.25) is 0 Å². The van der Waals surface area contributed by atoms with E-state index in [9.17, 15) is 0 Å². The number of hydrogen-bond acceptors (Lipinski definition) is 6. The molecule has 3 aliphatic rings. The lowest BCUT2D eigenvalue weighted by atomic mass is 9.96. The van der Waals surface area contributed by atoms with Crippen molar-refractivity contribution in [1.82, 2.24) is 9.99 Å². The van der Waals surface area contributed by atoms with E-state index in [4.69, 9.17) is 19.3 Å². The minimum Gasteiger partial charge on any atom is -0.464 e. The summed E-state index contributed by atoms with van der Waals surface area (Å²) in [6, 6.07) is 18.3. The Bertz CT molecular complexity index is 1080. The number of para-hydroxylation sites is 1. The number of hydrogen-bond donors (Lipinski definition) is 0. The first-order valence-electron chi connectivity index (χ1n) is 9.28. The van der Waals surface area contributed by atoms with E-state index >= 15 is 0 Å². The Balaban J connectivity index is 1.43. The van der Waals surface area contributed by atoms with Gasteiger partial charge in [0.25, 0.3) is 0 Å². The number of aromatic nitrogens is 1. The van der Waals surface area contributed by atoms with Crippen LogP contribution >= 0.6 is 0 Å². The van der Waals surface area contributed by atoms with E-state index in [0.717, 1.165) is 46.1 Å². The fourth-order valence-electron chi connectivity index (χ4n) is 4.03. The fraction of sp³-hybridized carbons (Fsp3) is 0.182. The molecule has 2 unspecified atom stereocenters. The third-order valence-corrected chi connectivity index (χ3v) is 5.40. The van der Waals surface area contributed by atoms with Crippen molar-refractivity contribution in [1.29, 1.82) is 0 Å². The monoisotopic (exact) mass is 371 g/mol. The topological polar surface area (TPSA) is 56.2 Å². The van der Waals surface area contributed by atoms with Gasteiger partial charge in [-0.25, -0.2) is 5.01 Å². The first-order valence-corrected chi connectivity index (χ1v) is 9.28. The van der Waals surface area contributed by atoms with Crippen molar-refractivity contribution >= 4 is 5.71 Å². The summed E-state index contributed by atoms with van der Waals surface area (Å²) in [6.45, 7) is 0.269. The van der Waals surface area contributed by atoms with Crippen molar-refractivity contribution in [3.63, 3.8) is 0 Å². The average Bonchev–Trinajstić information content (AvgIpc) is 3.40. The highest BCUT2D eigenvalue weighted by Gasteiger charge is 2.41. The molecule has 0 saturated heterocycles. The molecule has 28 heavy (non-hydrogen) atoms. The van der Waals surface area contributed by atoms with Gasteiger partial charge in [0.1, 0.15) is 5.75 Å². The van der Waals surface area contributed by atoms with Gasteiger partial charge in [-0.15, -0.1) is 0 Å². The van der Waals surface area contributed by atoms with Gasteiger partial charge in [-0.05, 0) is 36.4 Å². The summed E-state index contributed by atoms with van der Waals surface area (Å²) < 4.78 is 17.3. The molecule has 2 aromatic carbocycles. The molecule has 0 saturated carbocycles. The Morgan fingerprint density at radius 2 is 1.75 bits per heavy atom. The lowest BCUT2D eigenvalue weighted by Gasteiger charge is -2.38. The number of fused-ring (bicyclic) bond motifs is 4. The van der Waals surface area contributed by atoms with Gasteiger partial charge in [-0.3, -0.25) is 4.98 Å². The first kappa shape index (κ1) is 15.5. The second kappa shape index (κ2) is 5.99. The zero-order chi connectivity index (χ0) is 18.5. The maximum Gasteiger partial charge on any atom is 0.231 e. The van der Waals surface area contributed by atoms with E-state index in [1.807, 2.05) is 48.5 Å². The lowest BCUT2D eigenvalue weighted by Crippen LogP contribution is -2.33. The molecular formula is C22H17N3O3. The van der Waals surface area contributed by atoms with E-state index in [0.29, 0.717) is 0 Å². The first-order chi connectivity index (χ1) is 13.9. The second-order valence-electron chi connectivity index (χ2n) is 7.00. The molecule has 0 amide bonds. The minimum atomic E-state index is -0.283. The zero-order valence-corrected chi connectivity index (χ0v) is 15.0. The van der Waals surface area contributed by atoms with Gasteiger partial charge in [-0.1, -0.05) is 18.2 Å². The number of rotatable bonds is 2. The van der Waals surface area contributed by atoms with Gasteiger partial charge in [0.05, 0.1) is 11.8 Å². The standard InChI is InChI=1S/C22H17N3O3/c1-2-4-19-16(3-1)18-12-17(15-5-6-20-21(11-15)27-13-26-20)24-25(18)22(28-19)14-7-9-23-10-8-14/h1-11,18,22H,12-13H2. The van der Waals surface area contributed by atoms with Crippen molar-refractivity contribution in [3.05, 3.63) is 83.7 Å². The van der Waals surface area contributed by atoms with Gasteiger partial charge < -0.3 is 14.2 Å². The summed E-state index contributed by atoms with van der Waals surface area (Å²) >= 11 is 0. The van der Waals surface area contributed by atoms with Crippen molar-refractivity contribution in [2.24, 2.45) is 5.10 Å². The summed E-state index contributed by atoms with van der Waals surface area (Å²) in [5, 5.41) is 7.04. The van der Waals surface area contributed by atoms with E-state index in [-0.39, 0.29) is 19.1 Å². The Morgan fingerprint density at radius 1 is 0.893 bits per heavy atom. The summed E-state index contributed by atoms with van der Waals surface area (Å²) in [5.74, 6) is 2.46. The molecule has 4 heterocycles. The highest BCUT2D eigenvalue weighted by Crippen LogP contribution is 2.47. The van der Waals surface area contributed by atoms with Crippen LogP contribution in [0.25, 0.3) is 0 Å². The number of pyridine rings is 1. The van der Waals surface area contributed by atoms with Crippen molar-refractivity contribution < 1.29 is 14.2 Å². The van der Waals surface area contributed by atoms with Crippen molar-refractivity contribution in [2.75, 3.05) is 6.79 Å². The van der Waals surface area contributed by atoms with Crippen LogP contribution < -0.4 is 14.2 Å². The second-order valence-corrected chi connectivity index (χ2v) is 7.00. The number of nitrogens with zero attached hydrogens (tertiary/aromatic N) is 3. The summed E-state index contributed by atoms with van der Waals surface area (Å²) in [6.07, 6.45) is 4.09. The van der Waals surface area contributed by atoms with Crippen LogP contribution in [0.4, 0.5) is 0 Å². The Labute approximate surface area is 162 Å². The molecule has 3 aromatic rings. The van der Waals surface area contributed by atoms with Crippen molar-refractivity contribution in [3.8, 4) is 17.2 Å². The van der Waals surface area contributed by atoms with Gasteiger partial charge in [0.15, 0.2) is 11.5 Å². The molecule has 0 aliphatic carbocycles. The van der Waals surface area contributed by atoms with Gasteiger partial charge in [0.2, 0.25) is 13.0 Å². The van der Waals surface area contributed by atoms with Crippen LogP contribution in [0.1, 0.15) is 35.4 Å². The predicted molar refractivity (Wildman–Crippen MR) is 102 cm³/mol. The Morgan fingerprint density at radius 3 is 2.68 bits per heavy atom. The zero-order valence-electron chi connectivity index (χ0n) is 15.0. The van der Waals surface area contributed by atoms with Crippen LogP contribution in [-0.4, -0.2) is 22.5 Å². The van der Waals surface area contributed by atoms with Crippen LogP contribution in [-0.2, 0) is 0 Å². The van der Waals surface area contributed by atoms with Crippen molar-refractivity contribution in [2.45, 2.75) is 18.7 Å². The molecule has 1 aromatic heterocycles. The van der Waals surface area contributed by atoms with Crippen LogP contribution in [0.3, 0.4) is 0 Å². The van der Waals surface area contributed by atoms with Gasteiger partial charge in [-0.2, -0.15) is 5.10 Å². The predicted octanol–water partition coefficient (Wildman–Crippen LogP) is 4.05. The summed E-state index contributed by atoms with van der Waals surface area (Å²) in [4.78, 5) is 4.13. The molecule has 6 nitrogen and oxygen atoms in total. The number of hydrazone groups is 1. The lowest BCUT2D eigenvalue weighted by molar-refractivity contribution is -0.0190.